The first kappa shape index (κ1) is 19.4. The van der Waals surface area contributed by atoms with Gasteiger partial charge in [0.2, 0.25) is 11.8 Å². The topological polar surface area (TPSA) is 95.5 Å². The van der Waals surface area contributed by atoms with Crippen LogP contribution in [0.4, 0.5) is 0 Å². The van der Waals surface area contributed by atoms with Crippen LogP contribution in [0.2, 0.25) is 0 Å². The van der Waals surface area contributed by atoms with Crippen LogP contribution in [0, 0.1) is 11.8 Å². The third-order valence-corrected chi connectivity index (χ3v) is 3.61. The number of aliphatic carboxylic acids is 1. The maximum Gasteiger partial charge on any atom is 0.305 e. The van der Waals surface area contributed by atoms with Gasteiger partial charge in [-0.2, -0.15) is 0 Å². The average molecular weight is 300 g/mol. The van der Waals surface area contributed by atoms with Crippen molar-refractivity contribution >= 4 is 17.8 Å². The summed E-state index contributed by atoms with van der Waals surface area (Å²) >= 11 is 0. The Balaban J connectivity index is 4.33. The molecule has 122 valence electrons. The molecule has 1 atom stereocenters. The second-order valence-corrected chi connectivity index (χ2v) is 6.40. The molecule has 0 heterocycles. The molecule has 6 heteroatoms. The van der Waals surface area contributed by atoms with E-state index in [0.717, 1.165) is 6.42 Å². The highest BCUT2D eigenvalue weighted by Gasteiger charge is 2.32. The van der Waals surface area contributed by atoms with Gasteiger partial charge in [-0.3, -0.25) is 14.4 Å². The van der Waals surface area contributed by atoms with E-state index in [2.05, 4.69) is 10.6 Å². The molecule has 0 aromatic rings. The summed E-state index contributed by atoms with van der Waals surface area (Å²) in [6, 6.07) is 0. The Hall–Kier alpha value is -1.59. The predicted octanol–water partition coefficient (Wildman–Crippen LogP) is 1.54. The van der Waals surface area contributed by atoms with Crippen LogP contribution in [0.5, 0.6) is 0 Å². The van der Waals surface area contributed by atoms with E-state index in [-0.39, 0.29) is 30.7 Å². The van der Waals surface area contributed by atoms with Crippen LogP contribution < -0.4 is 10.6 Å². The first-order chi connectivity index (χ1) is 9.56. The van der Waals surface area contributed by atoms with Gasteiger partial charge in [-0.05, 0) is 25.2 Å². The van der Waals surface area contributed by atoms with Crippen LogP contribution in [0.15, 0.2) is 0 Å². The zero-order chi connectivity index (χ0) is 16.6. The maximum absolute atomic E-state index is 11.9. The monoisotopic (exact) mass is 300 g/mol. The molecule has 6 nitrogen and oxygen atoms in total. The highest BCUT2D eigenvalue weighted by atomic mass is 16.4. The zero-order valence-electron chi connectivity index (χ0n) is 13.7. The van der Waals surface area contributed by atoms with E-state index in [9.17, 15) is 14.4 Å². The van der Waals surface area contributed by atoms with Gasteiger partial charge in [0, 0.05) is 6.42 Å². The molecule has 0 aromatic carbocycles. The molecule has 0 radical (unpaired) electrons. The number of amides is 2. The summed E-state index contributed by atoms with van der Waals surface area (Å²) in [7, 11) is 0. The van der Waals surface area contributed by atoms with E-state index in [1.165, 1.54) is 0 Å². The lowest BCUT2D eigenvalue weighted by Crippen LogP contribution is -2.53. The van der Waals surface area contributed by atoms with E-state index >= 15 is 0 Å². The summed E-state index contributed by atoms with van der Waals surface area (Å²) in [6.45, 7) is 9.33. The van der Waals surface area contributed by atoms with Gasteiger partial charge < -0.3 is 15.7 Å². The molecule has 0 aliphatic heterocycles. The van der Waals surface area contributed by atoms with Crippen molar-refractivity contribution < 1.29 is 19.5 Å². The van der Waals surface area contributed by atoms with Crippen molar-refractivity contribution in [3.63, 3.8) is 0 Å². The lowest BCUT2D eigenvalue weighted by molar-refractivity contribution is -0.139. The van der Waals surface area contributed by atoms with Crippen LogP contribution in [-0.2, 0) is 14.4 Å². The summed E-state index contributed by atoms with van der Waals surface area (Å²) in [4.78, 5) is 34.3. The quantitative estimate of drug-likeness (QED) is 0.602. The fourth-order valence-electron chi connectivity index (χ4n) is 1.76. The lowest BCUT2D eigenvalue weighted by Gasteiger charge is -2.33. The molecule has 2 amide bonds. The molecule has 0 saturated carbocycles. The van der Waals surface area contributed by atoms with Gasteiger partial charge in [0.25, 0.3) is 0 Å². The minimum absolute atomic E-state index is 0.0332. The van der Waals surface area contributed by atoms with E-state index < -0.39 is 11.5 Å². The van der Waals surface area contributed by atoms with Crippen molar-refractivity contribution in [2.45, 2.75) is 59.4 Å². The number of hydrogen-bond donors (Lipinski definition) is 3. The highest BCUT2D eigenvalue weighted by molar-refractivity contribution is 5.85. The third-order valence-electron chi connectivity index (χ3n) is 3.61. The highest BCUT2D eigenvalue weighted by Crippen LogP contribution is 2.20. The van der Waals surface area contributed by atoms with Gasteiger partial charge in [-0.1, -0.05) is 27.7 Å². The molecule has 21 heavy (non-hydrogen) atoms. The first-order valence-electron chi connectivity index (χ1n) is 7.36. The van der Waals surface area contributed by atoms with Crippen LogP contribution in [0.25, 0.3) is 0 Å². The SMILES string of the molecule is CC(C)CCC(=O)NCC(=O)NC(C)(CC(=O)O)C(C)C. The Kier molecular flexibility index (Phi) is 7.99. The second kappa shape index (κ2) is 8.64. The number of carbonyl (C=O) groups is 3. The fraction of sp³-hybridized carbons (Fsp3) is 0.800. The van der Waals surface area contributed by atoms with E-state index in [1.54, 1.807) is 6.92 Å². The Labute approximate surface area is 126 Å². The normalized spacial score (nSPS) is 13.9. The van der Waals surface area contributed by atoms with E-state index in [4.69, 9.17) is 5.11 Å². The fourth-order valence-corrected chi connectivity index (χ4v) is 1.76. The van der Waals surface area contributed by atoms with Gasteiger partial charge in [0.1, 0.15) is 0 Å². The third kappa shape index (κ3) is 8.32. The smallest absolute Gasteiger partial charge is 0.305 e. The second-order valence-electron chi connectivity index (χ2n) is 6.40. The minimum atomic E-state index is -0.965. The minimum Gasteiger partial charge on any atom is -0.481 e. The maximum atomic E-state index is 11.9. The summed E-state index contributed by atoms with van der Waals surface area (Å²) in [5.41, 5.74) is -0.828. The zero-order valence-corrected chi connectivity index (χ0v) is 13.7. The largest absolute Gasteiger partial charge is 0.481 e. The van der Waals surface area contributed by atoms with Gasteiger partial charge in [0.05, 0.1) is 18.5 Å². The van der Waals surface area contributed by atoms with Gasteiger partial charge in [-0.15, -0.1) is 0 Å². The molecular weight excluding hydrogens is 272 g/mol. The molecule has 0 fully saturated rings. The molecule has 3 N–H and O–H groups in total. The average Bonchev–Trinajstić information content (AvgIpc) is 2.32. The van der Waals surface area contributed by atoms with Crippen LogP contribution in [0.3, 0.4) is 0 Å². The Morgan fingerprint density at radius 3 is 2.10 bits per heavy atom. The van der Waals surface area contributed by atoms with Crippen molar-refractivity contribution in [1.29, 1.82) is 0 Å². The van der Waals surface area contributed by atoms with E-state index in [1.807, 2.05) is 27.7 Å². The number of rotatable bonds is 9. The summed E-state index contributed by atoms with van der Waals surface area (Å²) in [5.74, 6) is -1.10. The lowest BCUT2D eigenvalue weighted by atomic mass is 9.85. The number of carboxylic acid groups (broad SMARTS) is 1. The Bertz CT molecular complexity index is 380. The van der Waals surface area contributed by atoms with Crippen molar-refractivity contribution in [3.05, 3.63) is 0 Å². The summed E-state index contributed by atoms with van der Waals surface area (Å²) in [6.07, 6.45) is 1.01. The molecule has 0 rings (SSSR count). The molecule has 0 saturated heterocycles. The van der Waals surface area contributed by atoms with Gasteiger partial charge in [-0.25, -0.2) is 0 Å². The molecule has 0 aliphatic carbocycles. The molecule has 0 spiro atoms. The van der Waals surface area contributed by atoms with Crippen molar-refractivity contribution in [2.75, 3.05) is 6.54 Å². The summed E-state index contributed by atoms with van der Waals surface area (Å²) < 4.78 is 0. The first-order valence-corrected chi connectivity index (χ1v) is 7.36. The van der Waals surface area contributed by atoms with Gasteiger partial charge >= 0.3 is 5.97 Å². The number of hydrogen-bond acceptors (Lipinski definition) is 3. The number of nitrogens with one attached hydrogen (secondary N) is 2. The standard InChI is InChI=1S/C15H28N2O4/c1-10(2)6-7-12(18)16-9-13(19)17-15(5,11(3)4)8-14(20)21/h10-11H,6-9H2,1-5H3,(H,16,18)(H,17,19)(H,20,21). The number of carboxylic acids is 1. The van der Waals surface area contributed by atoms with E-state index in [0.29, 0.717) is 12.3 Å². The van der Waals surface area contributed by atoms with Crippen molar-refractivity contribution in [3.8, 4) is 0 Å². The van der Waals surface area contributed by atoms with Crippen LogP contribution >= 0.6 is 0 Å². The number of carbonyl (C=O) groups excluding carboxylic acids is 2. The molecule has 0 aromatic heterocycles. The summed E-state index contributed by atoms with van der Waals surface area (Å²) in [5, 5.41) is 14.2. The van der Waals surface area contributed by atoms with Crippen LogP contribution in [-0.4, -0.2) is 35.0 Å². The molecule has 0 bridgehead atoms. The Morgan fingerprint density at radius 1 is 1.10 bits per heavy atom. The molecule has 0 aliphatic rings. The van der Waals surface area contributed by atoms with Gasteiger partial charge in [0.15, 0.2) is 0 Å². The Morgan fingerprint density at radius 2 is 1.67 bits per heavy atom. The predicted molar refractivity (Wildman–Crippen MR) is 80.7 cm³/mol. The molecule has 1 unspecified atom stereocenters. The van der Waals surface area contributed by atoms with Crippen molar-refractivity contribution in [1.82, 2.24) is 10.6 Å². The van der Waals surface area contributed by atoms with Crippen molar-refractivity contribution in [2.24, 2.45) is 11.8 Å². The van der Waals surface area contributed by atoms with Crippen LogP contribution in [0.1, 0.15) is 53.9 Å². The molecular formula is C15H28N2O4.